The van der Waals surface area contributed by atoms with Crippen LogP contribution in [0.1, 0.15) is 31.5 Å². The minimum Gasteiger partial charge on any atom is -0.380 e. The molecule has 0 saturated carbocycles. The van der Waals surface area contributed by atoms with E-state index in [4.69, 9.17) is 14.7 Å². The molecule has 0 saturated heterocycles. The molecule has 0 aromatic carbocycles. The van der Waals surface area contributed by atoms with Crippen molar-refractivity contribution in [2.75, 3.05) is 31.6 Å². The molecule has 3 heterocycles. The van der Waals surface area contributed by atoms with E-state index in [0.29, 0.717) is 32.1 Å². The van der Waals surface area contributed by atoms with Crippen LogP contribution in [-0.4, -0.2) is 52.1 Å². The molecule has 3 rings (SSSR count). The molecule has 138 valence electrons. The van der Waals surface area contributed by atoms with Crippen LogP contribution in [0, 0.1) is 0 Å². The van der Waals surface area contributed by atoms with Crippen molar-refractivity contribution in [3.8, 4) is 11.4 Å². The molecule has 1 amide bonds. The van der Waals surface area contributed by atoms with Gasteiger partial charge in [-0.05, 0) is 25.0 Å². The lowest BCUT2D eigenvalue weighted by Crippen LogP contribution is -2.35. The van der Waals surface area contributed by atoms with Crippen LogP contribution in [0.2, 0.25) is 0 Å². The van der Waals surface area contributed by atoms with Gasteiger partial charge in [0.15, 0.2) is 5.82 Å². The number of amides is 1. The highest BCUT2D eigenvalue weighted by molar-refractivity contribution is 5.74. The summed E-state index contributed by atoms with van der Waals surface area (Å²) in [5, 5.41) is 3.39. The third-order valence-electron chi connectivity index (χ3n) is 4.32. The van der Waals surface area contributed by atoms with Crippen LogP contribution < -0.4 is 5.32 Å². The van der Waals surface area contributed by atoms with E-state index in [0.717, 1.165) is 42.1 Å². The number of ether oxygens (including phenoxy) is 1. The molecule has 1 N–H and O–H groups in total. The Bertz CT molecular complexity index is 751. The van der Waals surface area contributed by atoms with Crippen molar-refractivity contribution in [1.29, 1.82) is 0 Å². The average molecular weight is 355 g/mol. The molecule has 26 heavy (non-hydrogen) atoms. The predicted molar refractivity (Wildman–Crippen MR) is 99.7 cm³/mol. The number of carbonyl (C=O) groups excluding carboxylic acids is 1. The molecule has 0 unspecified atom stereocenters. The molecule has 7 heteroatoms. The Balaban J connectivity index is 1.86. The Labute approximate surface area is 153 Å². The molecule has 2 aromatic heterocycles. The normalized spacial score (nSPS) is 13.4. The summed E-state index contributed by atoms with van der Waals surface area (Å²) in [6.45, 7) is 6.98. The van der Waals surface area contributed by atoms with Gasteiger partial charge in [0.1, 0.15) is 5.82 Å². The molecular formula is C19H25N5O2. The lowest BCUT2D eigenvalue weighted by Gasteiger charge is -2.28. The van der Waals surface area contributed by atoms with E-state index in [1.54, 1.807) is 19.3 Å². The third kappa shape index (κ3) is 4.35. The zero-order valence-electron chi connectivity index (χ0n) is 15.4. The van der Waals surface area contributed by atoms with Crippen molar-refractivity contribution in [2.24, 2.45) is 0 Å². The quantitative estimate of drug-likeness (QED) is 0.768. The number of nitrogens with zero attached hydrogens (tertiary/aromatic N) is 4. The number of nitrogens with one attached hydrogen (secondary N) is 1. The van der Waals surface area contributed by atoms with Gasteiger partial charge < -0.3 is 15.0 Å². The Kier molecular flexibility index (Phi) is 6.12. The molecule has 0 fully saturated rings. The molecule has 0 radical (unpaired) electrons. The first-order valence-corrected chi connectivity index (χ1v) is 9.06. The maximum atomic E-state index is 11.8. The van der Waals surface area contributed by atoms with E-state index in [-0.39, 0.29) is 5.91 Å². The van der Waals surface area contributed by atoms with Gasteiger partial charge in [-0.15, -0.1) is 0 Å². The number of hydrogen-bond acceptors (Lipinski definition) is 6. The maximum absolute atomic E-state index is 11.8. The summed E-state index contributed by atoms with van der Waals surface area (Å²) in [5.41, 5.74) is 2.85. The van der Waals surface area contributed by atoms with E-state index in [1.165, 1.54) is 0 Å². The van der Waals surface area contributed by atoms with Crippen molar-refractivity contribution in [2.45, 2.75) is 33.2 Å². The van der Waals surface area contributed by atoms with Crippen LogP contribution >= 0.6 is 0 Å². The lowest BCUT2D eigenvalue weighted by molar-refractivity contribution is -0.129. The fourth-order valence-corrected chi connectivity index (χ4v) is 2.96. The van der Waals surface area contributed by atoms with Gasteiger partial charge in [0.2, 0.25) is 5.91 Å². The zero-order chi connectivity index (χ0) is 18.4. The zero-order valence-corrected chi connectivity index (χ0v) is 15.4. The fourth-order valence-electron chi connectivity index (χ4n) is 2.96. The van der Waals surface area contributed by atoms with Crippen LogP contribution in [0.15, 0.2) is 24.5 Å². The largest absolute Gasteiger partial charge is 0.380 e. The Morgan fingerprint density at radius 1 is 1.35 bits per heavy atom. The van der Waals surface area contributed by atoms with Gasteiger partial charge in [-0.3, -0.25) is 9.78 Å². The summed E-state index contributed by atoms with van der Waals surface area (Å²) in [6.07, 6.45) is 5.24. The van der Waals surface area contributed by atoms with Gasteiger partial charge in [0, 0.05) is 50.1 Å². The van der Waals surface area contributed by atoms with Crippen LogP contribution in [0.3, 0.4) is 0 Å². The van der Waals surface area contributed by atoms with Gasteiger partial charge in [-0.2, -0.15) is 0 Å². The van der Waals surface area contributed by atoms with Gasteiger partial charge in [0.25, 0.3) is 0 Å². The minimum atomic E-state index is 0.0691. The van der Waals surface area contributed by atoms with E-state index in [9.17, 15) is 4.79 Å². The predicted octanol–water partition coefficient (Wildman–Crippen LogP) is 2.28. The maximum Gasteiger partial charge on any atom is 0.219 e. The number of rotatable bonds is 7. The van der Waals surface area contributed by atoms with Crippen molar-refractivity contribution >= 4 is 11.7 Å². The monoisotopic (exact) mass is 355 g/mol. The van der Waals surface area contributed by atoms with E-state index >= 15 is 0 Å². The molecule has 0 atom stereocenters. The number of aromatic nitrogens is 3. The standard InChI is InChI=1S/C19H25N5O2/c1-3-10-26-11-8-21-19-16-6-9-24(14(2)25)13-17(16)22-18(23-19)15-5-4-7-20-12-15/h4-5,7,12H,3,6,8-11,13H2,1-2H3,(H,21,22,23). The number of pyridine rings is 1. The second-order valence-electron chi connectivity index (χ2n) is 6.29. The highest BCUT2D eigenvalue weighted by Gasteiger charge is 2.24. The molecule has 1 aliphatic rings. The van der Waals surface area contributed by atoms with E-state index < -0.39 is 0 Å². The first kappa shape index (κ1) is 18.3. The topological polar surface area (TPSA) is 80.2 Å². The Morgan fingerprint density at radius 3 is 2.96 bits per heavy atom. The highest BCUT2D eigenvalue weighted by atomic mass is 16.5. The van der Waals surface area contributed by atoms with Gasteiger partial charge in [-0.1, -0.05) is 6.92 Å². The summed E-state index contributed by atoms with van der Waals surface area (Å²) in [6, 6.07) is 3.81. The molecular weight excluding hydrogens is 330 g/mol. The number of fused-ring (bicyclic) bond motifs is 1. The van der Waals surface area contributed by atoms with Crippen molar-refractivity contribution < 1.29 is 9.53 Å². The summed E-state index contributed by atoms with van der Waals surface area (Å²) >= 11 is 0. The molecule has 0 spiro atoms. The van der Waals surface area contributed by atoms with Crippen LogP contribution in [0.25, 0.3) is 11.4 Å². The molecule has 2 aromatic rings. The summed E-state index contributed by atoms with van der Waals surface area (Å²) in [7, 11) is 0. The number of anilines is 1. The van der Waals surface area contributed by atoms with Crippen LogP contribution in [0.4, 0.5) is 5.82 Å². The second kappa shape index (κ2) is 8.71. The minimum absolute atomic E-state index is 0.0691. The first-order valence-electron chi connectivity index (χ1n) is 9.06. The Hall–Kier alpha value is -2.54. The van der Waals surface area contributed by atoms with E-state index in [1.807, 2.05) is 17.0 Å². The van der Waals surface area contributed by atoms with Crippen LogP contribution in [-0.2, 0) is 22.5 Å². The fraction of sp³-hybridized carbons (Fsp3) is 0.474. The van der Waals surface area contributed by atoms with Gasteiger partial charge in [0.05, 0.1) is 18.8 Å². The SMILES string of the molecule is CCCOCCNc1nc(-c2cccnc2)nc2c1CCN(C(C)=O)C2. The molecule has 0 aliphatic carbocycles. The summed E-state index contributed by atoms with van der Waals surface area (Å²) < 4.78 is 5.54. The van der Waals surface area contributed by atoms with Gasteiger partial charge in [-0.25, -0.2) is 9.97 Å². The van der Waals surface area contributed by atoms with Crippen LogP contribution in [0.5, 0.6) is 0 Å². The molecule has 1 aliphatic heterocycles. The van der Waals surface area contributed by atoms with Crippen molar-refractivity contribution in [1.82, 2.24) is 19.9 Å². The smallest absolute Gasteiger partial charge is 0.219 e. The van der Waals surface area contributed by atoms with E-state index in [2.05, 4.69) is 17.2 Å². The van der Waals surface area contributed by atoms with Crippen molar-refractivity contribution in [3.63, 3.8) is 0 Å². The number of hydrogen-bond donors (Lipinski definition) is 1. The molecule has 0 bridgehead atoms. The average Bonchev–Trinajstić information content (AvgIpc) is 2.67. The number of carbonyl (C=O) groups is 1. The van der Waals surface area contributed by atoms with Crippen molar-refractivity contribution in [3.05, 3.63) is 35.8 Å². The Morgan fingerprint density at radius 2 is 2.23 bits per heavy atom. The lowest BCUT2D eigenvalue weighted by atomic mass is 10.0. The summed E-state index contributed by atoms with van der Waals surface area (Å²) in [4.78, 5) is 27.2. The third-order valence-corrected chi connectivity index (χ3v) is 4.32. The summed E-state index contributed by atoms with van der Waals surface area (Å²) in [5.74, 6) is 1.52. The van der Waals surface area contributed by atoms with Gasteiger partial charge >= 0.3 is 0 Å². The second-order valence-corrected chi connectivity index (χ2v) is 6.29. The highest BCUT2D eigenvalue weighted by Crippen LogP contribution is 2.26. The first-order chi connectivity index (χ1) is 12.7. The molecule has 7 nitrogen and oxygen atoms in total.